The highest BCUT2D eigenvalue weighted by atomic mass is 19.1. The predicted molar refractivity (Wildman–Crippen MR) is 104 cm³/mol. The first kappa shape index (κ1) is 21.8. The number of amides is 1. The van der Waals surface area contributed by atoms with Crippen LogP contribution in [0.5, 0.6) is 5.75 Å². The number of aryl methyl sites for hydroxylation is 1. The molecule has 2 aromatic heterocycles. The van der Waals surface area contributed by atoms with E-state index in [1.54, 1.807) is 6.92 Å². The fraction of sp³-hybridized carbons (Fsp3) is 0.250. The molecule has 0 saturated carbocycles. The Hall–Kier alpha value is -3.49. The zero-order valence-corrected chi connectivity index (χ0v) is 15.2. The number of aromatic nitrogens is 2. The number of fused-ring (bicyclic) bond motifs is 1. The lowest BCUT2D eigenvalue weighted by Gasteiger charge is -2.12. The fourth-order valence-electron chi connectivity index (χ4n) is 2.83. The van der Waals surface area contributed by atoms with Crippen LogP contribution in [-0.2, 0) is 13.1 Å². The van der Waals surface area contributed by atoms with Gasteiger partial charge in [0.05, 0.1) is 7.11 Å². The summed E-state index contributed by atoms with van der Waals surface area (Å²) in [6, 6.07) is 2.97. The van der Waals surface area contributed by atoms with Crippen molar-refractivity contribution in [1.82, 2.24) is 14.3 Å². The van der Waals surface area contributed by atoms with Crippen molar-refractivity contribution in [2.45, 2.75) is 27.4 Å². The predicted octanol–water partition coefficient (Wildman–Crippen LogP) is 2.33. The molecule has 0 radical (unpaired) electrons. The number of methoxy groups -OCH3 is 1. The number of carbonyl (C=O) groups excluding carboxylic acids is 1. The zero-order chi connectivity index (χ0) is 20.4. The maximum absolute atomic E-state index is 13.7. The second-order valence-corrected chi connectivity index (χ2v) is 5.97. The number of carbonyl (C=O) groups is 1. The van der Waals surface area contributed by atoms with E-state index in [0.717, 1.165) is 6.07 Å². The van der Waals surface area contributed by atoms with E-state index in [1.165, 1.54) is 40.7 Å². The number of rotatable bonds is 5. The molecule has 0 unspecified atom stereocenters. The van der Waals surface area contributed by atoms with Crippen molar-refractivity contribution >= 4 is 11.4 Å². The van der Waals surface area contributed by atoms with E-state index in [9.17, 15) is 23.2 Å². The van der Waals surface area contributed by atoms with Gasteiger partial charge in [-0.2, -0.15) is 0 Å². The minimum atomic E-state index is -0.812. The quantitative estimate of drug-likeness (QED) is 0.707. The maximum atomic E-state index is 13.7. The Kier molecular flexibility index (Phi) is 6.53. The van der Waals surface area contributed by atoms with E-state index in [-0.39, 0.29) is 36.4 Å². The molecule has 0 aliphatic rings. The van der Waals surface area contributed by atoms with Gasteiger partial charge in [0.2, 0.25) is 5.43 Å². The van der Waals surface area contributed by atoms with Gasteiger partial charge in [0, 0.05) is 43.3 Å². The number of hydrogen-bond donors (Lipinski definition) is 1. The molecule has 9 heteroatoms. The summed E-state index contributed by atoms with van der Waals surface area (Å²) in [4.78, 5) is 37.6. The average molecular weight is 405 g/mol. The topological polar surface area (TPSA) is 81.8 Å². The number of benzene rings is 1. The lowest BCUT2D eigenvalue weighted by molar-refractivity contribution is 0.0948. The van der Waals surface area contributed by atoms with Gasteiger partial charge in [-0.1, -0.05) is 13.5 Å². The smallest absolute Gasteiger partial charge is 0.278 e. The Morgan fingerprint density at radius 3 is 2.55 bits per heavy atom. The van der Waals surface area contributed by atoms with Gasteiger partial charge in [0.25, 0.3) is 11.5 Å². The molecule has 0 aliphatic heterocycles. The SMILES string of the molecule is C.CCn1ccn2cc(C(=O)NCc3ccc(F)cc3F)c(=O)c(OC)c2c1=O. The van der Waals surface area contributed by atoms with Crippen LogP contribution in [-0.4, -0.2) is 22.0 Å². The van der Waals surface area contributed by atoms with E-state index < -0.39 is 28.5 Å². The van der Waals surface area contributed by atoms with Gasteiger partial charge in [-0.25, -0.2) is 8.78 Å². The molecule has 0 spiro atoms. The summed E-state index contributed by atoms with van der Waals surface area (Å²) in [5, 5.41) is 2.42. The standard InChI is InChI=1S/C19H17F2N3O4.CH4/c1-3-23-6-7-24-10-13(16(25)17(28-2)15(24)19(23)27)18(26)22-9-11-4-5-12(20)8-14(11)21;/h4-8,10H,3,9H2,1-2H3,(H,22,26);1H4. The summed E-state index contributed by atoms with van der Waals surface area (Å²) in [5.74, 6) is -2.58. The van der Waals surface area contributed by atoms with Crippen molar-refractivity contribution < 1.29 is 18.3 Å². The van der Waals surface area contributed by atoms with E-state index in [4.69, 9.17) is 4.74 Å². The molecule has 0 saturated heterocycles. The molecule has 29 heavy (non-hydrogen) atoms. The molecule has 0 aliphatic carbocycles. The first-order valence-corrected chi connectivity index (χ1v) is 8.42. The average Bonchev–Trinajstić information content (AvgIpc) is 2.67. The fourth-order valence-corrected chi connectivity index (χ4v) is 2.83. The molecular formula is C20H21F2N3O4. The number of hydrogen-bond acceptors (Lipinski definition) is 4. The third-order valence-electron chi connectivity index (χ3n) is 4.31. The van der Waals surface area contributed by atoms with Crippen LogP contribution in [0, 0.1) is 11.6 Å². The maximum Gasteiger partial charge on any atom is 0.278 e. The Bertz CT molecular complexity index is 1180. The summed E-state index contributed by atoms with van der Waals surface area (Å²) >= 11 is 0. The molecule has 3 rings (SSSR count). The van der Waals surface area contributed by atoms with Crippen molar-refractivity contribution in [1.29, 1.82) is 0 Å². The molecule has 0 bridgehead atoms. The van der Waals surface area contributed by atoms with Crippen LogP contribution < -0.4 is 21.0 Å². The summed E-state index contributed by atoms with van der Waals surface area (Å²) in [7, 11) is 1.23. The number of halogens is 2. The van der Waals surface area contributed by atoms with E-state index >= 15 is 0 Å². The Balaban J connectivity index is 0.00000300. The van der Waals surface area contributed by atoms with Crippen LogP contribution in [0.4, 0.5) is 8.78 Å². The highest BCUT2D eigenvalue weighted by molar-refractivity contribution is 5.94. The first-order valence-electron chi connectivity index (χ1n) is 8.42. The van der Waals surface area contributed by atoms with Crippen LogP contribution in [0.1, 0.15) is 30.3 Å². The molecule has 0 fully saturated rings. The van der Waals surface area contributed by atoms with Crippen LogP contribution in [0.2, 0.25) is 0 Å². The molecule has 1 amide bonds. The van der Waals surface area contributed by atoms with Gasteiger partial charge in [-0.05, 0) is 13.0 Å². The monoisotopic (exact) mass is 405 g/mol. The van der Waals surface area contributed by atoms with Crippen LogP contribution >= 0.6 is 0 Å². The largest absolute Gasteiger partial charge is 0.491 e. The number of ether oxygens (including phenoxy) is 1. The summed E-state index contributed by atoms with van der Waals surface area (Å²) in [6.45, 7) is 1.93. The van der Waals surface area contributed by atoms with E-state index in [0.29, 0.717) is 12.6 Å². The molecule has 0 atom stereocenters. The third kappa shape index (κ3) is 4.03. The highest BCUT2D eigenvalue weighted by Crippen LogP contribution is 2.13. The van der Waals surface area contributed by atoms with Gasteiger partial charge >= 0.3 is 0 Å². The van der Waals surface area contributed by atoms with Crippen molar-refractivity contribution in [3.05, 3.63) is 80.1 Å². The Morgan fingerprint density at radius 1 is 1.21 bits per heavy atom. The van der Waals surface area contributed by atoms with Crippen LogP contribution in [0.25, 0.3) is 5.52 Å². The van der Waals surface area contributed by atoms with Crippen molar-refractivity contribution in [3.63, 3.8) is 0 Å². The van der Waals surface area contributed by atoms with Gasteiger partial charge < -0.3 is 19.0 Å². The van der Waals surface area contributed by atoms with Gasteiger partial charge in [-0.15, -0.1) is 0 Å². The lowest BCUT2D eigenvalue weighted by atomic mass is 10.2. The van der Waals surface area contributed by atoms with Crippen LogP contribution in [0.15, 0.2) is 46.4 Å². The minimum absolute atomic E-state index is 0. The van der Waals surface area contributed by atoms with E-state index in [1.807, 2.05) is 0 Å². The Labute approximate surface area is 165 Å². The molecule has 1 N–H and O–H groups in total. The number of nitrogens with one attached hydrogen (secondary N) is 1. The Morgan fingerprint density at radius 2 is 1.93 bits per heavy atom. The van der Waals surface area contributed by atoms with Crippen molar-refractivity contribution in [2.75, 3.05) is 7.11 Å². The van der Waals surface area contributed by atoms with Crippen molar-refractivity contribution in [3.8, 4) is 5.75 Å². The number of nitrogens with zero attached hydrogens (tertiary/aromatic N) is 2. The normalized spacial score (nSPS) is 10.5. The second kappa shape index (κ2) is 8.68. The molecule has 154 valence electrons. The van der Waals surface area contributed by atoms with Gasteiger partial charge in [-0.3, -0.25) is 14.4 Å². The molecule has 3 aromatic rings. The summed E-state index contributed by atoms with van der Waals surface area (Å²) in [5.41, 5.74) is -1.39. The second-order valence-electron chi connectivity index (χ2n) is 5.97. The third-order valence-corrected chi connectivity index (χ3v) is 4.31. The molecular weight excluding hydrogens is 384 g/mol. The number of pyridine rings is 1. The zero-order valence-electron chi connectivity index (χ0n) is 15.2. The first-order chi connectivity index (χ1) is 13.4. The van der Waals surface area contributed by atoms with Crippen LogP contribution in [0.3, 0.4) is 0 Å². The summed E-state index contributed by atoms with van der Waals surface area (Å²) in [6.07, 6.45) is 4.27. The molecule has 7 nitrogen and oxygen atoms in total. The van der Waals surface area contributed by atoms with E-state index in [2.05, 4.69) is 5.32 Å². The lowest BCUT2D eigenvalue weighted by Crippen LogP contribution is -2.31. The molecule has 1 aromatic carbocycles. The van der Waals surface area contributed by atoms with Gasteiger partial charge in [0.15, 0.2) is 11.3 Å². The highest BCUT2D eigenvalue weighted by Gasteiger charge is 2.20. The van der Waals surface area contributed by atoms with Crippen molar-refractivity contribution in [2.24, 2.45) is 0 Å². The molecule has 2 heterocycles. The van der Waals surface area contributed by atoms with Gasteiger partial charge in [0.1, 0.15) is 17.2 Å². The minimum Gasteiger partial charge on any atom is -0.491 e. The summed E-state index contributed by atoms with van der Waals surface area (Å²) < 4.78 is 34.5.